The predicted octanol–water partition coefficient (Wildman–Crippen LogP) is 1.58. The molecule has 1 heterocycles. The molecule has 0 saturated heterocycles. The number of fused-ring (bicyclic) bond motifs is 1. The third kappa shape index (κ3) is 3.87. The van der Waals surface area contributed by atoms with Crippen molar-refractivity contribution in [1.82, 2.24) is 4.90 Å². The number of carbonyl (C=O) groups is 1. The molecule has 0 radical (unpaired) electrons. The first kappa shape index (κ1) is 20.6. The topological polar surface area (TPSA) is 143 Å². The molecule has 9 heteroatoms. The van der Waals surface area contributed by atoms with Gasteiger partial charge in [0.1, 0.15) is 41.0 Å². The normalized spacial score (nSPS) is 18.5. The first-order valence-corrected chi connectivity index (χ1v) is 9.10. The Morgan fingerprint density at radius 3 is 2.24 bits per heavy atom. The van der Waals surface area contributed by atoms with E-state index in [9.17, 15) is 30.3 Å². The number of benzene rings is 2. The zero-order valence-electron chi connectivity index (χ0n) is 16.0. The average molecular weight is 404 g/mol. The fourth-order valence-corrected chi connectivity index (χ4v) is 3.19. The Balaban J connectivity index is 2.06. The standard InChI is InChI=1S/C20H23NO8/c1-3-21(4-2)9-28-20-18(27)16-12(23)7-11(22)8-15(16)29-19(20)10-5-13(24)17(26)14(25)6-10/h5-8,19-20,22-26H,3-4,9H2,1-2H3/p-1/t19-,20+/m1/s1. The molecule has 2 aromatic carbocycles. The summed E-state index contributed by atoms with van der Waals surface area (Å²) in [4.78, 5) is 15.0. The summed E-state index contributed by atoms with van der Waals surface area (Å²) in [6.45, 7) is 5.29. The van der Waals surface area contributed by atoms with Gasteiger partial charge in [0, 0.05) is 17.7 Å². The Kier molecular flexibility index (Phi) is 5.71. The van der Waals surface area contributed by atoms with Crippen molar-refractivity contribution in [3.05, 3.63) is 35.4 Å². The van der Waals surface area contributed by atoms with Crippen LogP contribution in [-0.4, -0.2) is 57.0 Å². The van der Waals surface area contributed by atoms with Crippen LogP contribution in [0.5, 0.6) is 34.5 Å². The fourth-order valence-electron chi connectivity index (χ4n) is 3.19. The molecule has 9 nitrogen and oxygen atoms in total. The quantitative estimate of drug-likeness (QED) is 0.528. The molecule has 0 amide bonds. The minimum absolute atomic E-state index is 0.0784. The lowest BCUT2D eigenvalue weighted by Gasteiger charge is -2.34. The first-order valence-electron chi connectivity index (χ1n) is 9.10. The number of carbonyl (C=O) groups excluding carboxylic acids is 1. The minimum Gasteiger partial charge on any atom is -0.867 e. The maximum Gasteiger partial charge on any atom is 0.203 e. The lowest BCUT2D eigenvalue weighted by atomic mass is 9.92. The van der Waals surface area contributed by atoms with Crippen LogP contribution in [-0.2, 0) is 4.74 Å². The number of rotatable bonds is 6. The van der Waals surface area contributed by atoms with Crippen molar-refractivity contribution < 1.29 is 39.8 Å². The van der Waals surface area contributed by atoms with E-state index in [0.717, 1.165) is 18.2 Å². The number of ether oxygens (including phenoxy) is 2. The van der Waals surface area contributed by atoms with E-state index in [1.807, 2.05) is 18.7 Å². The molecule has 29 heavy (non-hydrogen) atoms. The van der Waals surface area contributed by atoms with Gasteiger partial charge in [0.15, 0.2) is 12.2 Å². The van der Waals surface area contributed by atoms with Crippen molar-refractivity contribution in [2.75, 3.05) is 19.8 Å². The van der Waals surface area contributed by atoms with Crippen LogP contribution in [0.3, 0.4) is 0 Å². The summed E-state index contributed by atoms with van der Waals surface area (Å²) in [6, 6.07) is 4.36. The third-order valence-electron chi connectivity index (χ3n) is 4.83. The first-order chi connectivity index (χ1) is 13.8. The summed E-state index contributed by atoms with van der Waals surface area (Å²) >= 11 is 0. The third-order valence-corrected chi connectivity index (χ3v) is 4.83. The second-order valence-electron chi connectivity index (χ2n) is 6.65. The zero-order chi connectivity index (χ0) is 21.3. The van der Waals surface area contributed by atoms with Crippen molar-refractivity contribution in [1.29, 1.82) is 0 Å². The number of ketones is 1. The summed E-state index contributed by atoms with van der Waals surface area (Å²) in [7, 11) is 0. The molecule has 0 fully saturated rings. The number of hydrogen-bond donors (Lipinski definition) is 4. The van der Waals surface area contributed by atoms with E-state index in [1.165, 1.54) is 6.07 Å². The van der Waals surface area contributed by atoms with Crippen LogP contribution in [0.4, 0.5) is 0 Å². The number of hydrogen-bond acceptors (Lipinski definition) is 9. The summed E-state index contributed by atoms with van der Waals surface area (Å²) in [5.74, 6) is -3.80. The summed E-state index contributed by atoms with van der Waals surface area (Å²) in [6.07, 6.45) is -2.36. The van der Waals surface area contributed by atoms with Crippen LogP contribution in [0.15, 0.2) is 24.3 Å². The smallest absolute Gasteiger partial charge is 0.203 e. The minimum atomic E-state index is -1.23. The highest BCUT2D eigenvalue weighted by atomic mass is 16.6. The van der Waals surface area contributed by atoms with Gasteiger partial charge in [-0.3, -0.25) is 9.69 Å². The van der Waals surface area contributed by atoms with Crippen molar-refractivity contribution in [2.24, 2.45) is 0 Å². The lowest BCUT2D eigenvalue weighted by molar-refractivity contribution is -0.272. The van der Waals surface area contributed by atoms with Crippen LogP contribution in [0, 0.1) is 0 Å². The van der Waals surface area contributed by atoms with Gasteiger partial charge < -0.3 is 35.0 Å². The number of phenols is 4. The largest absolute Gasteiger partial charge is 0.867 e. The van der Waals surface area contributed by atoms with Crippen molar-refractivity contribution >= 4 is 5.78 Å². The molecular formula is C20H22NO8-. The van der Waals surface area contributed by atoms with Crippen LogP contribution < -0.4 is 9.84 Å². The van der Waals surface area contributed by atoms with Crippen molar-refractivity contribution in [3.63, 3.8) is 0 Å². The Labute approximate surface area is 167 Å². The number of aromatic hydroxyl groups is 4. The molecule has 4 N–H and O–H groups in total. The van der Waals surface area contributed by atoms with Gasteiger partial charge >= 0.3 is 0 Å². The molecule has 0 aliphatic carbocycles. The molecule has 156 valence electrons. The monoisotopic (exact) mass is 404 g/mol. The molecule has 0 spiro atoms. The lowest BCUT2D eigenvalue weighted by Crippen LogP contribution is -2.41. The number of Topliss-reactive ketones (excluding diaryl/α,β-unsaturated/α-hetero) is 1. The van der Waals surface area contributed by atoms with Gasteiger partial charge in [-0.1, -0.05) is 13.8 Å². The zero-order valence-corrected chi connectivity index (χ0v) is 16.0. The number of nitrogens with zero attached hydrogens (tertiary/aromatic N) is 1. The SMILES string of the molecule is CCN(CC)CO[C@H]1C(=O)c2c(O)cc(O)cc2O[C@@H]1c1cc(O)c([O-])c(O)c1. The average Bonchev–Trinajstić information content (AvgIpc) is 2.67. The molecule has 0 saturated carbocycles. The van der Waals surface area contributed by atoms with Crippen LogP contribution in [0.1, 0.15) is 35.9 Å². The summed E-state index contributed by atoms with van der Waals surface area (Å²) < 4.78 is 11.6. The molecular weight excluding hydrogens is 382 g/mol. The highest BCUT2D eigenvalue weighted by Gasteiger charge is 2.41. The van der Waals surface area contributed by atoms with E-state index in [0.29, 0.717) is 13.1 Å². The van der Waals surface area contributed by atoms with E-state index < -0.39 is 41.0 Å². The molecule has 2 aromatic rings. The van der Waals surface area contributed by atoms with Gasteiger partial charge in [0.05, 0.1) is 0 Å². The van der Waals surface area contributed by atoms with Gasteiger partial charge in [0.2, 0.25) is 5.78 Å². The highest BCUT2D eigenvalue weighted by Crippen LogP contribution is 2.45. The molecule has 0 aromatic heterocycles. The Morgan fingerprint density at radius 1 is 1.03 bits per heavy atom. The molecule has 3 rings (SSSR count). The second kappa shape index (κ2) is 8.06. The van der Waals surface area contributed by atoms with Gasteiger partial charge in [0.25, 0.3) is 0 Å². The van der Waals surface area contributed by atoms with Crippen molar-refractivity contribution in [2.45, 2.75) is 26.1 Å². The summed E-state index contributed by atoms with van der Waals surface area (Å²) in [5, 5.41) is 51.1. The molecule has 1 aliphatic rings. The maximum atomic E-state index is 13.1. The van der Waals surface area contributed by atoms with Gasteiger partial charge in [-0.2, -0.15) is 0 Å². The molecule has 2 atom stereocenters. The summed E-state index contributed by atoms with van der Waals surface area (Å²) in [5.41, 5.74) is -0.0107. The van der Waals surface area contributed by atoms with Crippen LogP contribution in [0.25, 0.3) is 0 Å². The molecule has 0 unspecified atom stereocenters. The van der Waals surface area contributed by atoms with E-state index in [-0.39, 0.29) is 29.4 Å². The van der Waals surface area contributed by atoms with Crippen LogP contribution >= 0.6 is 0 Å². The molecule has 1 aliphatic heterocycles. The second-order valence-corrected chi connectivity index (χ2v) is 6.65. The van der Waals surface area contributed by atoms with E-state index in [2.05, 4.69) is 0 Å². The van der Waals surface area contributed by atoms with E-state index >= 15 is 0 Å². The Hall–Kier alpha value is -3.17. The van der Waals surface area contributed by atoms with E-state index in [4.69, 9.17) is 9.47 Å². The van der Waals surface area contributed by atoms with Gasteiger partial charge in [-0.05, 0) is 31.0 Å². The number of phenolic OH excluding ortho intramolecular Hbond substituents is 4. The van der Waals surface area contributed by atoms with Crippen molar-refractivity contribution in [3.8, 4) is 34.5 Å². The maximum absolute atomic E-state index is 13.1. The van der Waals surface area contributed by atoms with E-state index in [1.54, 1.807) is 0 Å². The Bertz CT molecular complexity index is 902. The molecule has 0 bridgehead atoms. The van der Waals surface area contributed by atoms with Crippen LogP contribution in [0.2, 0.25) is 0 Å². The highest BCUT2D eigenvalue weighted by molar-refractivity contribution is 6.05. The Morgan fingerprint density at radius 2 is 1.66 bits per heavy atom. The fraction of sp³-hybridized carbons (Fsp3) is 0.350. The predicted molar refractivity (Wildman–Crippen MR) is 99.3 cm³/mol. The van der Waals surface area contributed by atoms with Gasteiger partial charge in [-0.25, -0.2) is 0 Å². The van der Waals surface area contributed by atoms with Gasteiger partial charge in [-0.15, -0.1) is 0 Å².